The van der Waals surface area contributed by atoms with Crippen LogP contribution in [-0.4, -0.2) is 21.0 Å². The molecule has 23 heavy (non-hydrogen) atoms. The van der Waals surface area contributed by atoms with E-state index in [9.17, 15) is 17.6 Å². The topological polar surface area (TPSA) is 72.5 Å². The number of anilines is 1. The predicted octanol–water partition coefficient (Wildman–Crippen LogP) is 3.11. The van der Waals surface area contributed by atoms with Crippen molar-refractivity contribution in [2.75, 3.05) is 11.3 Å². The Kier molecular flexibility index (Phi) is 5.00. The molecule has 0 aromatic heterocycles. The van der Waals surface area contributed by atoms with Crippen LogP contribution in [0.1, 0.15) is 22.8 Å². The summed E-state index contributed by atoms with van der Waals surface area (Å²) < 4.78 is 45.1. The molecule has 7 heteroatoms. The molecule has 5 nitrogen and oxygen atoms in total. The van der Waals surface area contributed by atoms with E-state index in [2.05, 4.69) is 4.72 Å². The highest BCUT2D eigenvalue weighted by Gasteiger charge is 2.16. The molecule has 0 saturated heterocycles. The molecule has 2 rings (SSSR count). The predicted molar refractivity (Wildman–Crippen MR) is 84.3 cm³/mol. The van der Waals surface area contributed by atoms with Crippen molar-refractivity contribution in [2.24, 2.45) is 0 Å². The van der Waals surface area contributed by atoms with Crippen molar-refractivity contribution in [3.8, 4) is 0 Å². The number of carbonyl (C=O) groups excluding carboxylic acids is 1. The summed E-state index contributed by atoms with van der Waals surface area (Å²) in [6, 6.07) is 9.38. The van der Waals surface area contributed by atoms with Gasteiger partial charge in [0.2, 0.25) is 0 Å². The molecule has 0 aliphatic rings. The highest BCUT2D eigenvalue weighted by atomic mass is 32.2. The maximum absolute atomic E-state index is 13.5. The van der Waals surface area contributed by atoms with E-state index in [1.54, 1.807) is 13.8 Å². The van der Waals surface area contributed by atoms with Gasteiger partial charge in [0.25, 0.3) is 10.0 Å². The smallest absolute Gasteiger partial charge is 0.338 e. The van der Waals surface area contributed by atoms with E-state index in [1.807, 2.05) is 0 Å². The van der Waals surface area contributed by atoms with Gasteiger partial charge >= 0.3 is 5.97 Å². The molecule has 0 aliphatic carbocycles. The molecule has 0 unspecified atom stereocenters. The standard InChI is InChI=1S/C16H16FNO4S/c1-3-22-16(19)12-5-8-14(9-6-12)23(20,21)18-13-7-4-11(2)15(17)10-13/h4-10,18H,3H2,1-2H3. The first kappa shape index (κ1) is 17.0. The van der Waals surface area contributed by atoms with Crippen molar-refractivity contribution >= 4 is 21.7 Å². The lowest BCUT2D eigenvalue weighted by molar-refractivity contribution is 0.0526. The van der Waals surface area contributed by atoms with Crippen LogP contribution in [0.4, 0.5) is 10.1 Å². The molecule has 2 aromatic carbocycles. The summed E-state index contributed by atoms with van der Waals surface area (Å²) >= 11 is 0. The molecule has 1 N–H and O–H groups in total. The Hall–Kier alpha value is -2.41. The molecule has 2 aromatic rings. The molecular formula is C16H16FNO4S. The zero-order valence-corrected chi connectivity index (χ0v) is 13.5. The largest absolute Gasteiger partial charge is 0.462 e. The minimum atomic E-state index is -3.87. The van der Waals surface area contributed by atoms with Gasteiger partial charge in [-0.05, 0) is 55.8 Å². The Morgan fingerprint density at radius 3 is 2.39 bits per heavy atom. The SMILES string of the molecule is CCOC(=O)c1ccc(S(=O)(=O)Nc2ccc(C)c(F)c2)cc1. The summed E-state index contributed by atoms with van der Waals surface area (Å²) in [5.41, 5.74) is 0.807. The molecule has 0 heterocycles. The summed E-state index contributed by atoms with van der Waals surface area (Å²) in [6.45, 7) is 3.50. The molecular weight excluding hydrogens is 321 g/mol. The van der Waals surface area contributed by atoms with E-state index in [0.717, 1.165) is 6.07 Å². The lowest BCUT2D eigenvalue weighted by Gasteiger charge is -2.09. The number of esters is 1. The zero-order valence-electron chi connectivity index (χ0n) is 12.7. The first-order chi connectivity index (χ1) is 10.8. The summed E-state index contributed by atoms with van der Waals surface area (Å²) in [7, 11) is -3.87. The zero-order chi connectivity index (χ0) is 17.0. The number of hydrogen-bond donors (Lipinski definition) is 1. The third kappa shape index (κ3) is 4.07. The van der Waals surface area contributed by atoms with Crippen LogP contribution in [0, 0.1) is 12.7 Å². The van der Waals surface area contributed by atoms with E-state index in [-0.39, 0.29) is 22.8 Å². The van der Waals surface area contributed by atoms with Crippen molar-refractivity contribution in [1.82, 2.24) is 0 Å². The van der Waals surface area contributed by atoms with Gasteiger partial charge in [0.15, 0.2) is 0 Å². The Bertz CT molecular complexity index is 816. The Morgan fingerprint density at radius 1 is 1.17 bits per heavy atom. The molecule has 0 saturated carbocycles. The van der Waals surface area contributed by atoms with Gasteiger partial charge in [-0.2, -0.15) is 0 Å². The molecule has 0 amide bonds. The first-order valence-electron chi connectivity index (χ1n) is 6.89. The summed E-state index contributed by atoms with van der Waals surface area (Å²) in [6.07, 6.45) is 0. The molecule has 0 radical (unpaired) electrons. The molecule has 0 atom stereocenters. The molecule has 122 valence electrons. The van der Waals surface area contributed by atoms with E-state index >= 15 is 0 Å². The lowest BCUT2D eigenvalue weighted by atomic mass is 10.2. The van der Waals surface area contributed by atoms with Crippen LogP contribution in [0.3, 0.4) is 0 Å². The first-order valence-corrected chi connectivity index (χ1v) is 8.38. The number of benzene rings is 2. The van der Waals surface area contributed by atoms with Crippen LogP contribution in [0.25, 0.3) is 0 Å². The van der Waals surface area contributed by atoms with Gasteiger partial charge in [0.1, 0.15) is 5.82 Å². The number of aryl methyl sites for hydroxylation is 1. The normalized spacial score (nSPS) is 11.1. The Labute approximate surface area is 134 Å². The number of hydrogen-bond acceptors (Lipinski definition) is 4. The highest BCUT2D eigenvalue weighted by molar-refractivity contribution is 7.92. The van der Waals surface area contributed by atoms with Crippen molar-refractivity contribution in [3.05, 3.63) is 59.4 Å². The molecule has 0 bridgehead atoms. The van der Waals surface area contributed by atoms with E-state index in [1.165, 1.54) is 36.4 Å². The van der Waals surface area contributed by atoms with Crippen LogP contribution in [-0.2, 0) is 14.8 Å². The second-order valence-electron chi connectivity index (χ2n) is 4.81. The van der Waals surface area contributed by atoms with Crippen molar-refractivity contribution < 1.29 is 22.3 Å². The van der Waals surface area contributed by atoms with Crippen LogP contribution >= 0.6 is 0 Å². The van der Waals surface area contributed by atoms with Gasteiger partial charge in [-0.3, -0.25) is 4.72 Å². The fourth-order valence-corrected chi connectivity index (χ4v) is 2.90. The molecule has 0 fully saturated rings. The van der Waals surface area contributed by atoms with Gasteiger partial charge in [0, 0.05) is 0 Å². The summed E-state index contributed by atoms with van der Waals surface area (Å²) in [5, 5.41) is 0. The number of halogens is 1. The summed E-state index contributed by atoms with van der Waals surface area (Å²) in [5.74, 6) is -1.02. The van der Waals surface area contributed by atoms with Crippen molar-refractivity contribution in [2.45, 2.75) is 18.7 Å². The van der Waals surface area contributed by atoms with Crippen LogP contribution < -0.4 is 4.72 Å². The highest BCUT2D eigenvalue weighted by Crippen LogP contribution is 2.19. The van der Waals surface area contributed by atoms with Crippen molar-refractivity contribution in [1.29, 1.82) is 0 Å². The average Bonchev–Trinajstić information content (AvgIpc) is 2.51. The van der Waals surface area contributed by atoms with E-state index < -0.39 is 21.8 Å². The van der Waals surface area contributed by atoms with Gasteiger partial charge in [0.05, 0.1) is 22.8 Å². The van der Waals surface area contributed by atoms with E-state index in [0.29, 0.717) is 5.56 Å². The van der Waals surface area contributed by atoms with E-state index in [4.69, 9.17) is 4.74 Å². The maximum Gasteiger partial charge on any atom is 0.338 e. The molecule has 0 aliphatic heterocycles. The fraction of sp³-hybridized carbons (Fsp3) is 0.188. The molecule has 0 spiro atoms. The summed E-state index contributed by atoms with van der Waals surface area (Å²) in [4.78, 5) is 11.5. The number of nitrogens with one attached hydrogen (secondary N) is 1. The second kappa shape index (κ2) is 6.78. The van der Waals surface area contributed by atoms with Crippen LogP contribution in [0.5, 0.6) is 0 Å². The third-order valence-electron chi connectivity index (χ3n) is 3.10. The number of rotatable bonds is 5. The van der Waals surface area contributed by atoms with Crippen LogP contribution in [0.2, 0.25) is 0 Å². The number of sulfonamides is 1. The lowest BCUT2D eigenvalue weighted by Crippen LogP contribution is -2.13. The fourth-order valence-electron chi connectivity index (χ4n) is 1.86. The van der Waals surface area contributed by atoms with Gasteiger partial charge in [-0.15, -0.1) is 0 Å². The minimum Gasteiger partial charge on any atom is -0.462 e. The number of carbonyl (C=O) groups is 1. The maximum atomic E-state index is 13.5. The number of ether oxygens (including phenoxy) is 1. The Balaban J connectivity index is 2.22. The third-order valence-corrected chi connectivity index (χ3v) is 4.50. The average molecular weight is 337 g/mol. The van der Waals surface area contributed by atoms with Crippen molar-refractivity contribution in [3.63, 3.8) is 0 Å². The minimum absolute atomic E-state index is 0.0356. The van der Waals surface area contributed by atoms with Crippen LogP contribution in [0.15, 0.2) is 47.4 Å². The van der Waals surface area contributed by atoms with Gasteiger partial charge in [-0.25, -0.2) is 17.6 Å². The van der Waals surface area contributed by atoms with Gasteiger partial charge < -0.3 is 4.74 Å². The Morgan fingerprint density at radius 2 is 1.83 bits per heavy atom. The quantitative estimate of drug-likeness (QED) is 0.851. The second-order valence-corrected chi connectivity index (χ2v) is 6.50. The monoisotopic (exact) mass is 337 g/mol. The van der Waals surface area contributed by atoms with Gasteiger partial charge in [-0.1, -0.05) is 6.07 Å².